The quantitative estimate of drug-likeness (QED) is 0.267. The van der Waals surface area contributed by atoms with Crippen molar-refractivity contribution in [3.63, 3.8) is 0 Å². The second-order valence-electron chi connectivity index (χ2n) is 9.28. The summed E-state index contributed by atoms with van der Waals surface area (Å²) in [5.41, 5.74) is 1.26. The van der Waals surface area contributed by atoms with E-state index >= 15 is 0 Å². The van der Waals surface area contributed by atoms with Crippen molar-refractivity contribution >= 4 is 40.0 Å². The van der Waals surface area contributed by atoms with E-state index in [1.54, 1.807) is 19.2 Å². The van der Waals surface area contributed by atoms with Crippen molar-refractivity contribution in [3.8, 4) is 11.5 Å². The zero-order valence-electron chi connectivity index (χ0n) is 21.7. The van der Waals surface area contributed by atoms with Crippen molar-refractivity contribution in [1.82, 2.24) is 14.9 Å². The van der Waals surface area contributed by atoms with Gasteiger partial charge in [0.1, 0.15) is 30.7 Å². The molecule has 11 heteroatoms. The highest BCUT2D eigenvalue weighted by Gasteiger charge is 2.22. The maximum Gasteiger partial charge on any atom is 0.308 e. The van der Waals surface area contributed by atoms with Crippen LogP contribution in [0, 0.1) is 11.7 Å². The fraction of sp³-hybridized carbons (Fsp3) is 0.444. The van der Waals surface area contributed by atoms with Crippen LogP contribution in [0.4, 0.5) is 15.9 Å². The fourth-order valence-electron chi connectivity index (χ4n) is 4.04. The lowest BCUT2D eigenvalue weighted by Crippen LogP contribution is -2.45. The summed E-state index contributed by atoms with van der Waals surface area (Å²) in [6, 6.07) is 7.99. The summed E-state index contributed by atoms with van der Waals surface area (Å²) in [5.74, 6) is 0.795. The summed E-state index contributed by atoms with van der Waals surface area (Å²) in [6.45, 7) is 7.28. The highest BCUT2D eigenvalue weighted by Crippen LogP contribution is 2.35. The van der Waals surface area contributed by atoms with E-state index in [-0.39, 0.29) is 29.6 Å². The van der Waals surface area contributed by atoms with E-state index in [9.17, 15) is 9.18 Å². The molecular formula is C27H32ClFN4O5. The topological polar surface area (TPSA) is 95.0 Å². The highest BCUT2D eigenvalue weighted by atomic mass is 35.5. The van der Waals surface area contributed by atoms with Crippen LogP contribution in [-0.4, -0.2) is 73.5 Å². The Kier molecular flexibility index (Phi) is 9.54. The van der Waals surface area contributed by atoms with Crippen molar-refractivity contribution < 1.29 is 28.1 Å². The first-order chi connectivity index (χ1) is 18.3. The van der Waals surface area contributed by atoms with Crippen molar-refractivity contribution in [1.29, 1.82) is 0 Å². The highest BCUT2D eigenvalue weighted by molar-refractivity contribution is 6.31. The first-order valence-electron chi connectivity index (χ1n) is 12.5. The van der Waals surface area contributed by atoms with Crippen LogP contribution in [0.25, 0.3) is 10.9 Å². The minimum Gasteiger partial charge on any atom is -0.493 e. The van der Waals surface area contributed by atoms with E-state index < -0.39 is 5.82 Å². The average Bonchev–Trinajstić information content (AvgIpc) is 2.91. The van der Waals surface area contributed by atoms with Crippen molar-refractivity contribution in [2.75, 3.05) is 51.9 Å². The fourth-order valence-corrected chi connectivity index (χ4v) is 4.22. The van der Waals surface area contributed by atoms with Gasteiger partial charge in [0.25, 0.3) is 0 Å². The van der Waals surface area contributed by atoms with Crippen LogP contribution in [0.2, 0.25) is 5.02 Å². The first kappa shape index (κ1) is 27.8. The van der Waals surface area contributed by atoms with Gasteiger partial charge in [-0.2, -0.15) is 0 Å². The predicted octanol–water partition coefficient (Wildman–Crippen LogP) is 4.84. The summed E-state index contributed by atoms with van der Waals surface area (Å²) in [5, 5.41) is 3.90. The second-order valence-corrected chi connectivity index (χ2v) is 9.68. The number of hydrogen-bond donors (Lipinski definition) is 1. The van der Waals surface area contributed by atoms with Crippen molar-refractivity contribution in [2.24, 2.45) is 5.92 Å². The Balaban J connectivity index is 1.36. The first-order valence-corrected chi connectivity index (χ1v) is 12.9. The molecule has 2 aromatic carbocycles. The van der Waals surface area contributed by atoms with E-state index in [0.717, 1.165) is 24.9 Å². The molecule has 204 valence electrons. The molecular weight excluding hydrogens is 515 g/mol. The van der Waals surface area contributed by atoms with Crippen LogP contribution in [0.1, 0.15) is 20.3 Å². The molecule has 1 N–H and O–H groups in total. The molecule has 1 aliphatic heterocycles. The largest absolute Gasteiger partial charge is 0.493 e. The number of esters is 1. The monoisotopic (exact) mass is 546 g/mol. The lowest BCUT2D eigenvalue weighted by atomic mass is 10.2. The number of morpholine rings is 1. The Bertz CT molecular complexity index is 1260. The molecule has 0 saturated carbocycles. The molecule has 38 heavy (non-hydrogen) atoms. The molecule has 1 fully saturated rings. The number of fused-ring (bicyclic) bond motifs is 1. The smallest absolute Gasteiger partial charge is 0.308 e. The number of methoxy groups -OCH3 is 1. The number of ether oxygens (including phenoxy) is 4. The summed E-state index contributed by atoms with van der Waals surface area (Å²) in [6.07, 6.45) is 2.09. The predicted molar refractivity (Wildman–Crippen MR) is 143 cm³/mol. The number of hydrogen-bond acceptors (Lipinski definition) is 9. The van der Waals surface area contributed by atoms with Crippen molar-refractivity contribution in [3.05, 3.63) is 47.5 Å². The van der Waals surface area contributed by atoms with Gasteiger partial charge >= 0.3 is 5.97 Å². The second kappa shape index (κ2) is 13.0. The van der Waals surface area contributed by atoms with Gasteiger partial charge in [-0.15, -0.1) is 0 Å². The third kappa shape index (κ3) is 7.21. The lowest BCUT2D eigenvalue weighted by molar-refractivity contribution is -0.154. The number of benzene rings is 2. The molecule has 0 unspecified atom stereocenters. The number of aromatic nitrogens is 2. The van der Waals surface area contributed by atoms with Gasteiger partial charge in [0.05, 0.1) is 36.8 Å². The molecule has 2 heterocycles. The van der Waals surface area contributed by atoms with Gasteiger partial charge in [0, 0.05) is 36.8 Å². The standard InChI is InChI=1S/C27H32ClFN4O5/c1-17(2)27(34)38-15-19-14-33(8-10-36-19)7-4-9-37-25-12-20-23(13-24(25)35-3)30-16-31-26(20)32-18-5-6-22(29)21(28)11-18/h5-6,11-13,16-17,19H,4,7-10,14-15H2,1-3H3,(H,30,31,32)/t19-/m0/s1. The minimum atomic E-state index is -0.493. The molecule has 1 aliphatic rings. The van der Waals surface area contributed by atoms with E-state index in [1.807, 2.05) is 19.9 Å². The molecule has 0 amide bonds. The number of halogens is 2. The van der Waals surface area contributed by atoms with Crippen LogP contribution < -0.4 is 14.8 Å². The third-order valence-corrected chi connectivity index (χ3v) is 6.37. The Morgan fingerprint density at radius 2 is 2.11 bits per heavy atom. The summed E-state index contributed by atoms with van der Waals surface area (Å²) < 4.78 is 36.3. The molecule has 9 nitrogen and oxygen atoms in total. The van der Waals surface area contributed by atoms with Gasteiger partial charge in [0.2, 0.25) is 0 Å². The van der Waals surface area contributed by atoms with Gasteiger partial charge in [-0.1, -0.05) is 25.4 Å². The number of anilines is 2. The average molecular weight is 547 g/mol. The maximum absolute atomic E-state index is 13.6. The number of carbonyl (C=O) groups is 1. The summed E-state index contributed by atoms with van der Waals surface area (Å²) in [4.78, 5) is 22.7. The normalized spacial score (nSPS) is 16.0. The van der Waals surface area contributed by atoms with E-state index in [2.05, 4.69) is 20.2 Å². The van der Waals surface area contributed by atoms with Crippen LogP contribution in [0.3, 0.4) is 0 Å². The Labute approximate surface area is 226 Å². The van der Waals surface area contributed by atoms with Gasteiger partial charge in [-0.05, 0) is 30.7 Å². The number of carbonyl (C=O) groups excluding carboxylic acids is 1. The summed E-state index contributed by atoms with van der Waals surface area (Å²) in [7, 11) is 1.58. The lowest BCUT2D eigenvalue weighted by Gasteiger charge is -2.32. The van der Waals surface area contributed by atoms with Crippen molar-refractivity contribution in [2.45, 2.75) is 26.4 Å². The van der Waals surface area contributed by atoms with Gasteiger partial charge in [0.15, 0.2) is 11.5 Å². The van der Waals surface area contributed by atoms with Gasteiger partial charge < -0.3 is 24.3 Å². The molecule has 0 aliphatic carbocycles. The number of nitrogens with one attached hydrogen (secondary N) is 1. The third-order valence-electron chi connectivity index (χ3n) is 6.09. The molecule has 1 saturated heterocycles. The van der Waals surface area contributed by atoms with Crippen LogP contribution in [-0.2, 0) is 14.3 Å². The number of rotatable bonds is 11. The van der Waals surface area contributed by atoms with E-state index in [4.69, 9.17) is 30.5 Å². The van der Waals surface area contributed by atoms with Crippen LogP contribution >= 0.6 is 11.6 Å². The SMILES string of the molecule is COc1cc2ncnc(Nc3ccc(F)c(Cl)c3)c2cc1OCCCN1CCO[C@H](COC(=O)C(C)C)C1. The van der Waals surface area contributed by atoms with E-state index in [1.165, 1.54) is 18.5 Å². The molecule has 0 spiro atoms. The van der Waals surface area contributed by atoms with Crippen LogP contribution in [0.15, 0.2) is 36.7 Å². The summed E-state index contributed by atoms with van der Waals surface area (Å²) >= 11 is 5.92. The zero-order chi connectivity index (χ0) is 27.1. The molecule has 0 bridgehead atoms. The molecule has 1 aromatic heterocycles. The molecule has 3 aromatic rings. The Morgan fingerprint density at radius 3 is 2.87 bits per heavy atom. The van der Waals surface area contributed by atoms with Crippen LogP contribution in [0.5, 0.6) is 11.5 Å². The maximum atomic E-state index is 13.6. The van der Waals surface area contributed by atoms with Gasteiger partial charge in [-0.3, -0.25) is 9.69 Å². The minimum absolute atomic E-state index is 0.0159. The van der Waals surface area contributed by atoms with E-state index in [0.29, 0.717) is 48.3 Å². The number of nitrogens with zero attached hydrogens (tertiary/aromatic N) is 3. The molecule has 0 radical (unpaired) electrons. The zero-order valence-corrected chi connectivity index (χ0v) is 22.5. The Morgan fingerprint density at radius 1 is 1.26 bits per heavy atom. The van der Waals surface area contributed by atoms with Gasteiger partial charge in [-0.25, -0.2) is 14.4 Å². The Hall–Kier alpha value is -3.21. The molecule has 4 rings (SSSR count). The molecule has 1 atom stereocenters.